The van der Waals surface area contributed by atoms with Gasteiger partial charge in [0.2, 0.25) is 0 Å². The second-order valence-corrected chi connectivity index (χ2v) is 5.59. The predicted octanol–water partition coefficient (Wildman–Crippen LogP) is 3.46. The van der Waals surface area contributed by atoms with Crippen LogP contribution >= 0.6 is 0 Å². The third kappa shape index (κ3) is 3.49. The topological polar surface area (TPSA) is 55.6 Å². The van der Waals surface area contributed by atoms with E-state index in [0.717, 1.165) is 32.2 Å². The molecule has 2 rings (SSSR count). The fraction of sp³-hybridized carbons (Fsp3) is 0.588. The van der Waals surface area contributed by atoms with Gasteiger partial charge in [0, 0.05) is 18.3 Å². The number of benzene rings is 1. The van der Waals surface area contributed by atoms with E-state index in [0.29, 0.717) is 29.6 Å². The molecule has 0 aromatic heterocycles. The van der Waals surface area contributed by atoms with E-state index in [2.05, 4.69) is 6.92 Å². The van der Waals surface area contributed by atoms with Crippen LogP contribution in [0.15, 0.2) is 18.2 Å². The van der Waals surface area contributed by atoms with Gasteiger partial charge >= 0.3 is 0 Å². The maximum atomic E-state index is 13.0. The van der Waals surface area contributed by atoms with Gasteiger partial charge in [-0.2, -0.15) is 0 Å². The van der Waals surface area contributed by atoms with Gasteiger partial charge in [0.15, 0.2) is 0 Å². The van der Waals surface area contributed by atoms with E-state index in [-0.39, 0.29) is 5.91 Å². The lowest BCUT2D eigenvalue weighted by Gasteiger charge is -2.36. The van der Waals surface area contributed by atoms with E-state index in [9.17, 15) is 4.79 Å². The molecule has 1 fully saturated rings. The lowest BCUT2D eigenvalue weighted by Crippen LogP contribution is -2.44. The Bertz CT molecular complexity index is 486. The molecule has 1 aliphatic rings. The number of amides is 1. The number of nitrogen functional groups attached to an aromatic ring is 1. The smallest absolute Gasteiger partial charge is 0.259 e. The molecule has 4 heteroatoms. The highest BCUT2D eigenvalue weighted by atomic mass is 16.5. The first kappa shape index (κ1) is 15.7. The first-order chi connectivity index (χ1) is 10.2. The molecule has 2 N–H and O–H groups in total. The van der Waals surface area contributed by atoms with Crippen LogP contribution in [0.25, 0.3) is 0 Å². The minimum atomic E-state index is 0.0229. The summed E-state index contributed by atoms with van der Waals surface area (Å²) in [5.41, 5.74) is 7.09. The Balaban J connectivity index is 2.29. The van der Waals surface area contributed by atoms with Gasteiger partial charge in [-0.05, 0) is 44.7 Å². The van der Waals surface area contributed by atoms with E-state index >= 15 is 0 Å². The molecule has 4 nitrogen and oxygen atoms in total. The van der Waals surface area contributed by atoms with Crippen LogP contribution in [0.5, 0.6) is 5.75 Å². The number of nitrogens with two attached hydrogens (primary N) is 1. The van der Waals surface area contributed by atoms with Crippen molar-refractivity contribution in [2.45, 2.75) is 52.0 Å². The van der Waals surface area contributed by atoms with Crippen LogP contribution in [0, 0.1) is 0 Å². The lowest BCUT2D eigenvalue weighted by molar-refractivity contribution is 0.0598. The van der Waals surface area contributed by atoms with Crippen LogP contribution in [0.1, 0.15) is 56.3 Å². The van der Waals surface area contributed by atoms with E-state index in [1.807, 2.05) is 24.0 Å². The lowest BCUT2D eigenvalue weighted by atomic mass is 9.96. The molecule has 0 spiro atoms. The molecule has 1 aromatic rings. The second-order valence-electron chi connectivity index (χ2n) is 5.59. The van der Waals surface area contributed by atoms with E-state index in [1.54, 1.807) is 6.07 Å². The van der Waals surface area contributed by atoms with Crippen LogP contribution in [-0.2, 0) is 0 Å². The fourth-order valence-electron chi connectivity index (χ4n) is 3.10. The summed E-state index contributed by atoms with van der Waals surface area (Å²) in [6.07, 6.45) is 5.52. The SMILES string of the molecule is CCCC1CCCCN1C(=O)c1c(N)cccc1OCC. The van der Waals surface area contributed by atoms with Gasteiger partial charge in [0.25, 0.3) is 5.91 Å². The normalized spacial score (nSPS) is 18.6. The summed E-state index contributed by atoms with van der Waals surface area (Å²) in [6.45, 7) is 5.43. The van der Waals surface area contributed by atoms with E-state index in [4.69, 9.17) is 10.5 Å². The molecule has 1 unspecified atom stereocenters. The summed E-state index contributed by atoms with van der Waals surface area (Å²) < 4.78 is 5.60. The number of likely N-dealkylation sites (tertiary alicyclic amines) is 1. The predicted molar refractivity (Wildman–Crippen MR) is 85.6 cm³/mol. The maximum absolute atomic E-state index is 13.0. The molecule has 0 saturated carbocycles. The molecule has 0 radical (unpaired) electrons. The van der Waals surface area contributed by atoms with Gasteiger partial charge in [-0.15, -0.1) is 0 Å². The Kier molecular flexibility index (Phi) is 5.48. The van der Waals surface area contributed by atoms with Gasteiger partial charge < -0.3 is 15.4 Å². The molecular weight excluding hydrogens is 264 g/mol. The largest absolute Gasteiger partial charge is 0.493 e. The highest BCUT2D eigenvalue weighted by Crippen LogP contribution is 2.30. The van der Waals surface area contributed by atoms with Gasteiger partial charge in [-0.25, -0.2) is 0 Å². The summed E-state index contributed by atoms with van der Waals surface area (Å²) >= 11 is 0. The van der Waals surface area contributed by atoms with Crippen LogP contribution in [0.2, 0.25) is 0 Å². The third-order valence-corrected chi connectivity index (χ3v) is 4.08. The zero-order valence-electron chi connectivity index (χ0n) is 13.1. The summed E-state index contributed by atoms with van der Waals surface area (Å²) in [7, 11) is 0. The van der Waals surface area contributed by atoms with Crippen molar-refractivity contribution in [3.63, 3.8) is 0 Å². The van der Waals surface area contributed by atoms with Gasteiger partial charge in [-0.1, -0.05) is 19.4 Å². The van der Waals surface area contributed by atoms with Crippen LogP contribution in [-0.4, -0.2) is 30.0 Å². The average Bonchev–Trinajstić information content (AvgIpc) is 2.48. The Morgan fingerprint density at radius 3 is 2.90 bits per heavy atom. The monoisotopic (exact) mass is 290 g/mol. The standard InChI is InChI=1S/C17H26N2O2/c1-3-8-13-9-5-6-12-19(13)17(20)16-14(18)10-7-11-15(16)21-4-2/h7,10-11,13H,3-6,8-9,12,18H2,1-2H3. The van der Waals surface area contributed by atoms with Crippen molar-refractivity contribution in [2.75, 3.05) is 18.9 Å². The van der Waals surface area contributed by atoms with Crippen molar-refractivity contribution >= 4 is 11.6 Å². The number of rotatable bonds is 5. The number of carbonyl (C=O) groups excluding carboxylic acids is 1. The van der Waals surface area contributed by atoms with Crippen LogP contribution in [0.3, 0.4) is 0 Å². The van der Waals surface area contributed by atoms with Crippen molar-refractivity contribution in [1.29, 1.82) is 0 Å². The highest BCUT2D eigenvalue weighted by molar-refractivity contribution is 6.02. The van der Waals surface area contributed by atoms with Gasteiger partial charge in [0.05, 0.1) is 6.61 Å². The van der Waals surface area contributed by atoms with Crippen LogP contribution in [0.4, 0.5) is 5.69 Å². The minimum Gasteiger partial charge on any atom is -0.493 e. The van der Waals surface area contributed by atoms with Crippen molar-refractivity contribution < 1.29 is 9.53 Å². The van der Waals surface area contributed by atoms with Gasteiger partial charge in [0.1, 0.15) is 11.3 Å². The van der Waals surface area contributed by atoms with Crippen molar-refractivity contribution in [3.05, 3.63) is 23.8 Å². The summed E-state index contributed by atoms with van der Waals surface area (Å²) in [5.74, 6) is 0.623. The molecule has 1 aromatic carbocycles. The quantitative estimate of drug-likeness (QED) is 0.845. The molecule has 1 saturated heterocycles. The van der Waals surface area contributed by atoms with Crippen LogP contribution < -0.4 is 10.5 Å². The Hall–Kier alpha value is -1.71. The summed E-state index contributed by atoms with van der Waals surface area (Å²) in [6, 6.07) is 5.77. The van der Waals surface area contributed by atoms with Crippen molar-refractivity contribution in [1.82, 2.24) is 4.90 Å². The molecule has 0 aliphatic carbocycles. The second kappa shape index (κ2) is 7.34. The fourth-order valence-corrected chi connectivity index (χ4v) is 3.10. The molecule has 1 heterocycles. The molecule has 21 heavy (non-hydrogen) atoms. The Morgan fingerprint density at radius 1 is 1.38 bits per heavy atom. The van der Waals surface area contributed by atoms with Crippen molar-refractivity contribution in [2.24, 2.45) is 0 Å². The Labute approximate surface area is 127 Å². The zero-order valence-corrected chi connectivity index (χ0v) is 13.1. The summed E-state index contributed by atoms with van der Waals surface area (Å²) in [5, 5.41) is 0. The highest BCUT2D eigenvalue weighted by Gasteiger charge is 2.29. The average molecular weight is 290 g/mol. The maximum Gasteiger partial charge on any atom is 0.259 e. The number of hydrogen-bond donors (Lipinski definition) is 1. The Morgan fingerprint density at radius 2 is 2.19 bits per heavy atom. The summed E-state index contributed by atoms with van der Waals surface area (Å²) in [4.78, 5) is 15.0. The molecule has 1 atom stereocenters. The first-order valence-electron chi connectivity index (χ1n) is 8.01. The van der Waals surface area contributed by atoms with Crippen molar-refractivity contribution in [3.8, 4) is 5.75 Å². The number of nitrogens with zero attached hydrogens (tertiary/aromatic N) is 1. The first-order valence-corrected chi connectivity index (χ1v) is 8.01. The minimum absolute atomic E-state index is 0.0229. The molecule has 1 amide bonds. The molecule has 0 bridgehead atoms. The third-order valence-electron chi connectivity index (χ3n) is 4.08. The molecule has 1 aliphatic heterocycles. The van der Waals surface area contributed by atoms with E-state index < -0.39 is 0 Å². The molecular formula is C17H26N2O2. The van der Waals surface area contributed by atoms with Gasteiger partial charge in [-0.3, -0.25) is 4.79 Å². The molecule has 116 valence electrons. The number of hydrogen-bond acceptors (Lipinski definition) is 3. The number of piperidine rings is 1. The number of carbonyl (C=O) groups is 1. The number of anilines is 1. The number of ether oxygens (including phenoxy) is 1. The zero-order chi connectivity index (χ0) is 15.2. The van der Waals surface area contributed by atoms with E-state index in [1.165, 1.54) is 6.42 Å².